The third-order valence-electron chi connectivity index (χ3n) is 2.35. The van der Waals surface area contributed by atoms with Crippen LogP contribution in [-0.4, -0.2) is 48.5 Å². The number of nitrogens with one attached hydrogen (secondary N) is 1. The van der Waals surface area contributed by atoms with Gasteiger partial charge in [-0.05, 0) is 6.42 Å². The van der Waals surface area contributed by atoms with Crippen LogP contribution in [0.15, 0.2) is 5.16 Å². The van der Waals surface area contributed by atoms with Crippen molar-refractivity contribution in [1.29, 1.82) is 0 Å². The molecular weight excluding hydrogens is 208 g/mol. The van der Waals surface area contributed by atoms with Crippen LogP contribution in [0.4, 0.5) is 0 Å². The van der Waals surface area contributed by atoms with Crippen molar-refractivity contribution < 1.29 is 10.0 Å². The number of rotatable bonds is 7. The van der Waals surface area contributed by atoms with Crippen molar-refractivity contribution in [3.05, 3.63) is 0 Å². The van der Waals surface area contributed by atoms with Gasteiger partial charge in [-0.25, -0.2) is 0 Å². The van der Waals surface area contributed by atoms with Crippen LogP contribution in [0, 0.1) is 0 Å². The Balaban J connectivity index is 3.84. The summed E-state index contributed by atoms with van der Waals surface area (Å²) in [5, 5.41) is 14.6. The van der Waals surface area contributed by atoms with Gasteiger partial charge in [0.15, 0.2) is 0 Å². The lowest BCUT2D eigenvalue weighted by molar-refractivity contribution is -0.128. The van der Waals surface area contributed by atoms with Gasteiger partial charge in [0.2, 0.25) is 5.91 Å². The van der Waals surface area contributed by atoms with E-state index in [1.807, 2.05) is 6.92 Å². The molecule has 0 saturated carbocycles. The molecule has 0 spiro atoms. The lowest BCUT2D eigenvalue weighted by Crippen LogP contribution is -2.35. The number of amides is 1. The van der Waals surface area contributed by atoms with Crippen molar-refractivity contribution in [1.82, 2.24) is 10.2 Å². The van der Waals surface area contributed by atoms with E-state index < -0.39 is 0 Å². The quantitative estimate of drug-likeness (QED) is 0.248. The Labute approximate surface area is 96.5 Å². The third-order valence-corrected chi connectivity index (χ3v) is 2.35. The summed E-state index contributed by atoms with van der Waals surface area (Å²) in [4.78, 5) is 12.9. The molecule has 1 unspecified atom stereocenters. The van der Waals surface area contributed by atoms with E-state index >= 15 is 0 Å². The molecule has 94 valence electrons. The van der Waals surface area contributed by atoms with E-state index in [1.54, 1.807) is 19.0 Å². The lowest BCUT2D eigenvalue weighted by Gasteiger charge is -2.16. The molecular formula is C10H22N4O2. The maximum atomic E-state index is 11.3. The summed E-state index contributed by atoms with van der Waals surface area (Å²) in [6.07, 6.45) is 1.81. The van der Waals surface area contributed by atoms with Crippen molar-refractivity contribution in [2.75, 3.05) is 20.6 Å². The van der Waals surface area contributed by atoms with Gasteiger partial charge in [0.1, 0.15) is 5.84 Å². The smallest absolute Gasteiger partial charge is 0.223 e. The number of carbonyl (C=O) groups excluding carboxylic acids is 1. The van der Waals surface area contributed by atoms with E-state index in [0.29, 0.717) is 19.4 Å². The normalized spacial score (nSPS) is 13.6. The molecule has 0 aliphatic heterocycles. The summed E-state index contributed by atoms with van der Waals surface area (Å²) in [6.45, 7) is 2.62. The summed E-state index contributed by atoms with van der Waals surface area (Å²) in [7, 11) is 3.46. The van der Waals surface area contributed by atoms with E-state index in [4.69, 9.17) is 10.9 Å². The molecule has 0 radical (unpaired) electrons. The Morgan fingerprint density at radius 3 is 2.62 bits per heavy atom. The van der Waals surface area contributed by atoms with Gasteiger partial charge < -0.3 is 21.2 Å². The zero-order valence-corrected chi connectivity index (χ0v) is 10.2. The Morgan fingerprint density at radius 2 is 2.19 bits per heavy atom. The van der Waals surface area contributed by atoms with E-state index in [1.165, 1.54) is 0 Å². The van der Waals surface area contributed by atoms with Crippen LogP contribution in [0.25, 0.3) is 0 Å². The number of nitrogens with zero attached hydrogens (tertiary/aromatic N) is 2. The molecule has 6 heteroatoms. The number of carbonyl (C=O) groups is 1. The Kier molecular flexibility index (Phi) is 7.28. The first-order valence-electron chi connectivity index (χ1n) is 5.41. The minimum absolute atomic E-state index is 0.0890. The molecule has 1 amide bonds. The molecule has 0 saturated heterocycles. The molecule has 1 atom stereocenters. The van der Waals surface area contributed by atoms with Crippen LogP contribution in [0.2, 0.25) is 0 Å². The molecule has 6 nitrogen and oxygen atoms in total. The lowest BCUT2D eigenvalue weighted by atomic mass is 10.1. The highest BCUT2D eigenvalue weighted by Crippen LogP contribution is 1.98. The predicted octanol–water partition coefficient (Wildman–Crippen LogP) is -0.0306. The maximum Gasteiger partial charge on any atom is 0.223 e. The van der Waals surface area contributed by atoms with Gasteiger partial charge in [-0.2, -0.15) is 0 Å². The molecule has 0 aromatic heterocycles. The molecule has 0 aromatic rings. The Bertz CT molecular complexity index is 241. The molecule has 0 rings (SSSR count). The fourth-order valence-corrected chi connectivity index (χ4v) is 1.26. The zero-order chi connectivity index (χ0) is 12.6. The van der Waals surface area contributed by atoms with E-state index in [0.717, 1.165) is 6.42 Å². The van der Waals surface area contributed by atoms with Gasteiger partial charge in [-0.1, -0.05) is 12.1 Å². The minimum atomic E-state index is 0.0890. The molecule has 0 aliphatic rings. The first-order chi connectivity index (χ1) is 7.51. The SMILES string of the molecule is CCC(CC(N)=NO)NCCC(=O)N(C)C. The number of hydrogen-bond acceptors (Lipinski definition) is 4. The summed E-state index contributed by atoms with van der Waals surface area (Å²) < 4.78 is 0. The fraction of sp³-hybridized carbons (Fsp3) is 0.800. The predicted molar refractivity (Wildman–Crippen MR) is 63.4 cm³/mol. The molecule has 4 N–H and O–H groups in total. The second-order valence-electron chi connectivity index (χ2n) is 3.89. The maximum absolute atomic E-state index is 11.3. The van der Waals surface area contributed by atoms with Crippen LogP contribution in [0.1, 0.15) is 26.2 Å². The molecule has 0 heterocycles. The summed E-state index contributed by atoms with van der Waals surface area (Å²) >= 11 is 0. The van der Waals surface area contributed by atoms with Crippen molar-refractivity contribution in [2.24, 2.45) is 10.9 Å². The summed E-state index contributed by atoms with van der Waals surface area (Å²) in [6, 6.07) is 0.144. The summed E-state index contributed by atoms with van der Waals surface area (Å²) in [5.74, 6) is 0.296. The van der Waals surface area contributed by atoms with E-state index in [9.17, 15) is 4.79 Å². The van der Waals surface area contributed by atoms with Gasteiger partial charge in [0, 0.05) is 39.5 Å². The molecule has 0 aliphatic carbocycles. The van der Waals surface area contributed by atoms with Crippen molar-refractivity contribution in [3.8, 4) is 0 Å². The zero-order valence-electron chi connectivity index (χ0n) is 10.2. The minimum Gasteiger partial charge on any atom is -0.409 e. The van der Waals surface area contributed by atoms with Crippen LogP contribution in [-0.2, 0) is 4.79 Å². The standard InChI is InChI=1S/C10H22N4O2/c1-4-8(7-9(11)13-16)12-6-5-10(15)14(2)3/h8,12,16H,4-7H2,1-3H3,(H2,11,13). The number of nitrogens with two attached hydrogens (primary N) is 1. The fourth-order valence-electron chi connectivity index (χ4n) is 1.26. The van der Waals surface area contributed by atoms with Crippen molar-refractivity contribution in [3.63, 3.8) is 0 Å². The van der Waals surface area contributed by atoms with E-state index in [2.05, 4.69) is 10.5 Å². The molecule has 0 aromatic carbocycles. The number of hydrogen-bond donors (Lipinski definition) is 3. The van der Waals surface area contributed by atoms with E-state index in [-0.39, 0.29) is 17.8 Å². The van der Waals surface area contributed by atoms with Gasteiger partial charge in [-0.3, -0.25) is 4.79 Å². The highest BCUT2D eigenvalue weighted by molar-refractivity contribution is 5.80. The van der Waals surface area contributed by atoms with Crippen LogP contribution >= 0.6 is 0 Å². The molecule has 0 bridgehead atoms. The largest absolute Gasteiger partial charge is 0.409 e. The highest BCUT2D eigenvalue weighted by Gasteiger charge is 2.09. The average Bonchev–Trinajstić information content (AvgIpc) is 2.26. The Hall–Kier alpha value is -1.30. The highest BCUT2D eigenvalue weighted by atomic mass is 16.4. The molecule has 16 heavy (non-hydrogen) atoms. The van der Waals surface area contributed by atoms with Crippen LogP contribution in [0.3, 0.4) is 0 Å². The van der Waals surface area contributed by atoms with Crippen molar-refractivity contribution >= 4 is 11.7 Å². The second-order valence-corrected chi connectivity index (χ2v) is 3.89. The van der Waals surface area contributed by atoms with Gasteiger partial charge in [0.05, 0.1) is 0 Å². The number of oxime groups is 1. The average molecular weight is 230 g/mol. The Morgan fingerprint density at radius 1 is 1.56 bits per heavy atom. The number of amidine groups is 1. The van der Waals surface area contributed by atoms with Gasteiger partial charge >= 0.3 is 0 Å². The second kappa shape index (κ2) is 7.92. The van der Waals surface area contributed by atoms with Crippen LogP contribution in [0.5, 0.6) is 0 Å². The van der Waals surface area contributed by atoms with Gasteiger partial charge in [-0.15, -0.1) is 0 Å². The van der Waals surface area contributed by atoms with Crippen LogP contribution < -0.4 is 11.1 Å². The molecule has 0 fully saturated rings. The van der Waals surface area contributed by atoms with Crippen molar-refractivity contribution in [2.45, 2.75) is 32.2 Å². The monoisotopic (exact) mass is 230 g/mol. The topological polar surface area (TPSA) is 91.0 Å². The van der Waals surface area contributed by atoms with Gasteiger partial charge in [0.25, 0.3) is 0 Å². The first-order valence-corrected chi connectivity index (χ1v) is 5.41. The third kappa shape index (κ3) is 6.23. The summed E-state index contributed by atoms with van der Waals surface area (Å²) in [5.41, 5.74) is 5.41. The first kappa shape index (κ1) is 14.7.